The van der Waals surface area contributed by atoms with Gasteiger partial charge < -0.3 is 14.9 Å². The maximum atomic E-state index is 12.0. The van der Waals surface area contributed by atoms with E-state index in [0.29, 0.717) is 18.7 Å². The quantitative estimate of drug-likeness (QED) is 0.730. The number of aliphatic hydroxyl groups is 2. The summed E-state index contributed by atoms with van der Waals surface area (Å²) < 4.78 is 28.3. The lowest BCUT2D eigenvalue weighted by atomic mass is 10.1. The van der Waals surface area contributed by atoms with Crippen LogP contribution in [0.15, 0.2) is 24.3 Å². The van der Waals surface area contributed by atoms with E-state index in [4.69, 9.17) is 5.11 Å². The molecule has 114 valence electrons. The number of hydrogen-bond donors (Lipinski definition) is 2. The summed E-state index contributed by atoms with van der Waals surface area (Å²) in [7, 11) is 0. The van der Waals surface area contributed by atoms with Crippen LogP contribution in [-0.4, -0.2) is 48.0 Å². The van der Waals surface area contributed by atoms with Crippen LogP contribution in [0.2, 0.25) is 0 Å². The Morgan fingerprint density at radius 3 is 2.35 bits per heavy atom. The topological polar surface area (TPSA) is 52.9 Å². The molecule has 1 atom stereocenters. The number of benzene rings is 1. The molecular formula is C14H21F2NO3. The summed E-state index contributed by atoms with van der Waals surface area (Å²) in [6, 6.07) is 5.93. The molecule has 4 nitrogen and oxygen atoms in total. The van der Waals surface area contributed by atoms with E-state index in [-0.39, 0.29) is 12.4 Å². The molecule has 6 heteroatoms. The van der Waals surface area contributed by atoms with Crippen molar-refractivity contribution in [3.05, 3.63) is 29.8 Å². The van der Waals surface area contributed by atoms with E-state index < -0.39 is 12.7 Å². The summed E-state index contributed by atoms with van der Waals surface area (Å²) in [6.07, 6.45) is 0.196. The van der Waals surface area contributed by atoms with Crippen molar-refractivity contribution >= 4 is 0 Å². The molecule has 1 aromatic rings. The summed E-state index contributed by atoms with van der Waals surface area (Å²) in [4.78, 5) is 1.95. The molecule has 1 aromatic carbocycles. The molecule has 0 aliphatic rings. The molecule has 0 saturated carbocycles. The first kappa shape index (κ1) is 16.8. The van der Waals surface area contributed by atoms with Gasteiger partial charge in [-0.1, -0.05) is 19.1 Å². The molecule has 0 unspecified atom stereocenters. The molecule has 0 radical (unpaired) electrons. The van der Waals surface area contributed by atoms with Crippen LogP contribution in [0.25, 0.3) is 0 Å². The van der Waals surface area contributed by atoms with E-state index in [2.05, 4.69) is 4.74 Å². The molecule has 20 heavy (non-hydrogen) atoms. The van der Waals surface area contributed by atoms with Gasteiger partial charge in [-0.05, 0) is 30.7 Å². The van der Waals surface area contributed by atoms with Crippen LogP contribution in [-0.2, 0) is 0 Å². The lowest BCUT2D eigenvalue weighted by Gasteiger charge is -2.24. The summed E-state index contributed by atoms with van der Waals surface area (Å²) in [5.74, 6) is 0.0664. The van der Waals surface area contributed by atoms with Crippen molar-refractivity contribution < 1.29 is 23.7 Å². The smallest absolute Gasteiger partial charge is 0.387 e. The van der Waals surface area contributed by atoms with Gasteiger partial charge in [-0.25, -0.2) is 0 Å². The summed E-state index contributed by atoms with van der Waals surface area (Å²) >= 11 is 0. The van der Waals surface area contributed by atoms with Crippen molar-refractivity contribution in [1.29, 1.82) is 0 Å². The van der Waals surface area contributed by atoms with Crippen LogP contribution in [0.1, 0.15) is 25.0 Å². The number of ether oxygens (including phenoxy) is 1. The largest absolute Gasteiger partial charge is 0.435 e. The van der Waals surface area contributed by atoms with Crippen LogP contribution in [0.3, 0.4) is 0 Å². The molecule has 1 rings (SSSR count). The molecule has 0 fully saturated rings. The summed E-state index contributed by atoms with van der Waals surface area (Å²) in [6.45, 7) is 0.877. The number of alkyl halides is 2. The third-order valence-corrected chi connectivity index (χ3v) is 2.88. The Balaban J connectivity index is 2.59. The fourth-order valence-electron chi connectivity index (χ4n) is 1.97. The average molecular weight is 289 g/mol. The highest BCUT2D eigenvalue weighted by atomic mass is 19.3. The Kier molecular flexibility index (Phi) is 7.43. The normalized spacial score (nSPS) is 12.9. The number of nitrogens with zero attached hydrogens (tertiary/aromatic N) is 1. The lowest BCUT2D eigenvalue weighted by molar-refractivity contribution is -0.0498. The van der Waals surface area contributed by atoms with E-state index in [0.717, 1.165) is 13.0 Å². The lowest BCUT2D eigenvalue weighted by Crippen LogP contribution is -2.32. The Morgan fingerprint density at radius 1 is 1.20 bits per heavy atom. The van der Waals surface area contributed by atoms with Gasteiger partial charge in [0.15, 0.2) is 0 Å². The van der Waals surface area contributed by atoms with Crippen molar-refractivity contribution in [2.24, 2.45) is 0 Å². The zero-order valence-electron chi connectivity index (χ0n) is 11.5. The first-order chi connectivity index (χ1) is 9.56. The SMILES string of the molecule is CCCN(CCO)C[C@H](O)c1ccc(OC(F)F)cc1. The van der Waals surface area contributed by atoms with Gasteiger partial charge in [0, 0.05) is 13.1 Å². The predicted octanol–water partition coefficient (Wildman–Crippen LogP) is 2.03. The van der Waals surface area contributed by atoms with Crippen molar-refractivity contribution in [1.82, 2.24) is 4.90 Å². The third kappa shape index (κ3) is 5.81. The molecule has 0 aliphatic heterocycles. The maximum Gasteiger partial charge on any atom is 0.387 e. The highest BCUT2D eigenvalue weighted by Crippen LogP contribution is 2.20. The number of rotatable bonds is 9. The number of hydrogen-bond acceptors (Lipinski definition) is 4. The van der Waals surface area contributed by atoms with Crippen molar-refractivity contribution in [2.75, 3.05) is 26.2 Å². The molecule has 2 N–H and O–H groups in total. The third-order valence-electron chi connectivity index (χ3n) is 2.88. The molecule has 0 spiro atoms. The van der Waals surface area contributed by atoms with Crippen LogP contribution < -0.4 is 4.74 Å². The van der Waals surface area contributed by atoms with Crippen LogP contribution in [0, 0.1) is 0 Å². The second-order valence-electron chi connectivity index (χ2n) is 4.49. The van der Waals surface area contributed by atoms with Crippen LogP contribution >= 0.6 is 0 Å². The molecule has 0 aliphatic carbocycles. The Labute approximate surface area is 117 Å². The van der Waals surface area contributed by atoms with Gasteiger partial charge in [0.05, 0.1) is 12.7 Å². The monoisotopic (exact) mass is 289 g/mol. The highest BCUT2D eigenvalue weighted by Gasteiger charge is 2.13. The minimum atomic E-state index is -2.85. The molecule has 0 amide bonds. The van der Waals surface area contributed by atoms with E-state index in [9.17, 15) is 13.9 Å². The molecular weight excluding hydrogens is 268 g/mol. The zero-order valence-corrected chi connectivity index (χ0v) is 11.5. The molecule has 0 saturated heterocycles. The molecule has 0 bridgehead atoms. The first-order valence-electron chi connectivity index (χ1n) is 6.62. The van der Waals surface area contributed by atoms with Gasteiger partial charge >= 0.3 is 6.61 Å². The molecule has 0 heterocycles. The van der Waals surface area contributed by atoms with E-state index in [1.807, 2.05) is 11.8 Å². The Hall–Kier alpha value is -1.24. The Morgan fingerprint density at radius 2 is 1.85 bits per heavy atom. The van der Waals surface area contributed by atoms with E-state index in [1.165, 1.54) is 12.1 Å². The van der Waals surface area contributed by atoms with Gasteiger partial charge in [0.1, 0.15) is 5.75 Å². The Bertz CT molecular complexity index is 367. The van der Waals surface area contributed by atoms with E-state index in [1.54, 1.807) is 12.1 Å². The van der Waals surface area contributed by atoms with Crippen molar-refractivity contribution in [2.45, 2.75) is 26.1 Å². The second kappa shape index (κ2) is 8.84. The zero-order chi connectivity index (χ0) is 15.0. The summed E-state index contributed by atoms with van der Waals surface area (Å²) in [5.41, 5.74) is 0.630. The second-order valence-corrected chi connectivity index (χ2v) is 4.49. The predicted molar refractivity (Wildman–Crippen MR) is 71.9 cm³/mol. The van der Waals surface area contributed by atoms with Crippen LogP contribution in [0.5, 0.6) is 5.75 Å². The summed E-state index contributed by atoms with van der Waals surface area (Å²) in [5, 5.41) is 19.1. The fraction of sp³-hybridized carbons (Fsp3) is 0.571. The first-order valence-corrected chi connectivity index (χ1v) is 6.62. The minimum absolute atomic E-state index is 0.0356. The number of halogens is 2. The molecule has 0 aromatic heterocycles. The fourth-order valence-corrected chi connectivity index (χ4v) is 1.97. The van der Waals surface area contributed by atoms with Gasteiger partial charge in [-0.15, -0.1) is 0 Å². The van der Waals surface area contributed by atoms with Crippen molar-refractivity contribution in [3.63, 3.8) is 0 Å². The van der Waals surface area contributed by atoms with Crippen LogP contribution in [0.4, 0.5) is 8.78 Å². The van der Waals surface area contributed by atoms with Gasteiger partial charge in [0.2, 0.25) is 0 Å². The average Bonchev–Trinajstić information content (AvgIpc) is 2.39. The van der Waals surface area contributed by atoms with E-state index >= 15 is 0 Å². The maximum absolute atomic E-state index is 12.0. The van der Waals surface area contributed by atoms with Gasteiger partial charge in [0.25, 0.3) is 0 Å². The highest BCUT2D eigenvalue weighted by molar-refractivity contribution is 5.28. The minimum Gasteiger partial charge on any atom is -0.435 e. The van der Waals surface area contributed by atoms with Crippen molar-refractivity contribution in [3.8, 4) is 5.75 Å². The van der Waals surface area contributed by atoms with Gasteiger partial charge in [-0.3, -0.25) is 4.90 Å². The number of aliphatic hydroxyl groups excluding tert-OH is 2. The van der Waals surface area contributed by atoms with Gasteiger partial charge in [-0.2, -0.15) is 8.78 Å². The standard InChI is InChI=1S/C14H21F2NO3/c1-2-7-17(8-9-18)10-13(19)11-3-5-12(6-4-11)20-14(15)16/h3-6,13-14,18-19H,2,7-10H2,1H3/t13-/m0/s1.